The molecule has 0 saturated carbocycles. The minimum Gasteiger partial charge on any atom is -0.356 e. The van der Waals surface area contributed by atoms with Gasteiger partial charge in [0.2, 0.25) is 0 Å². The Morgan fingerprint density at radius 1 is 1.19 bits per heavy atom. The summed E-state index contributed by atoms with van der Waals surface area (Å²) in [6.45, 7) is 4.83. The van der Waals surface area contributed by atoms with Gasteiger partial charge in [-0.1, -0.05) is 12.1 Å². The number of nitrogens with one attached hydrogen (secondary N) is 2. The van der Waals surface area contributed by atoms with Crippen LogP contribution in [-0.4, -0.2) is 44.1 Å². The summed E-state index contributed by atoms with van der Waals surface area (Å²) in [6, 6.07) is 8.89. The average molecular weight is 488 g/mol. The second-order valence-electron chi connectivity index (χ2n) is 6.20. The van der Waals surface area contributed by atoms with Gasteiger partial charge in [-0.05, 0) is 47.5 Å². The fourth-order valence-electron chi connectivity index (χ4n) is 3.03. The quantitative estimate of drug-likeness (QED) is 0.373. The summed E-state index contributed by atoms with van der Waals surface area (Å²) in [5, 5.41) is 8.87. The van der Waals surface area contributed by atoms with Gasteiger partial charge in [0, 0.05) is 44.6 Å². The summed E-state index contributed by atoms with van der Waals surface area (Å²) in [5.41, 5.74) is 2.60. The monoisotopic (exact) mass is 488 g/mol. The van der Waals surface area contributed by atoms with E-state index in [-0.39, 0.29) is 29.8 Å². The molecule has 2 N–H and O–H groups in total. The lowest BCUT2D eigenvalue weighted by Crippen LogP contribution is -2.43. The lowest BCUT2D eigenvalue weighted by Gasteiger charge is -2.27. The first kappa shape index (κ1) is 21.1. The van der Waals surface area contributed by atoms with E-state index in [0.29, 0.717) is 0 Å². The van der Waals surface area contributed by atoms with Gasteiger partial charge in [-0.2, -0.15) is 0 Å². The second-order valence-corrected chi connectivity index (χ2v) is 7.20. The molecule has 0 fully saturated rings. The Morgan fingerprint density at radius 3 is 2.73 bits per heavy atom. The third-order valence-electron chi connectivity index (χ3n) is 4.45. The zero-order valence-electron chi connectivity index (χ0n) is 15.0. The Morgan fingerprint density at radius 2 is 1.96 bits per heavy atom. The van der Waals surface area contributed by atoms with Crippen molar-refractivity contribution in [2.45, 2.75) is 19.4 Å². The van der Waals surface area contributed by atoms with Crippen LogP contribution in [0.15, 0.2) is 40.7 Å². The fourth-order valence-corrected chi connectivity index (χ4v) is 3.92. The predicted octanol–water partition coefficient (Wildman–Crippen LogP) is 3.27. The Hall–Kier alpha value is -1.19. The number of hydrogen-bond acceptors (Lipinski definition) is 3. The van der Waals surface area contributed by atoms with E-state index in [1.807, 2.05) is 23.5 Å². The Kier molecular flexibility index (Phi) is 8.80. The molecule has 142 valence electrons. The van der Waals surface area contributed by atoms with Crippen LogP contribution in [0.3, 0.4) is 0 Å². The molecule has 1 aliphatic heterocycles. The summed E-state index contributed by atoms with van der Waals surface area (Å²) in [5.74, 6) is 0.622. The minimum absolute atomic E-state index is 0. The van der Waals surface area contributed by atoms with Crippen molar-refractivity contribution < 1.29 is 4.39 Å². The smallest absolute Gasteiger partial charge is 0.191 e. The molecule has 0 saturated heterocycles. The molecule has 1 aliphatic rings. The van der Waals surface area contributed by atoms with Crippen LogP contribution in [-0.2, 0) is 19.4 Å². The maximum Gasteiger partial charge on any atom is 0.191 e. The van der Waals surface area contributed by atoms with Gasteiger partial charge in [0.1, 0.15) is 5.82 Å². The number of nitrogens with zero attached hydrogens (tertiary/aromatic N) is 2. The van der Waals surface area contributed by atoms with Crippen molar-refractivity contribution in [1.29, 1.82) is 0 Å². The third-order valence-corrected chi connectivity index (χ3v) is 5.47. The Balaban J connectivity index is 0.00000243. The molecular weight excluding hydrogens is 462 g/mol. The molecular formula is C19H26FIN4S. The highest BCUT2D eigenvalue weighted by Gasteiger charge is 2.16. The first-order valence-electron chi connectivity index (χ1n) is 8.71. The average Bonchev–Trinajstić information content (AvgIpc) is 3.10. The fraction of sp³-hybridized carbons (Fsp3) is 0.421. The molecule has 26 heavy (non-hydrogen) atoms. The molecule has 2 aromatic rings. The van der Waals surface area contributed by atoms with E-state index in [1.54, 1.807) is 11.9 Å². The standard InChI is InChI=1S/C19H25FN4S.HI/c1-21-19(22-9-6-15-2-4-17(20)5-3-15)23-10-12-24-11-7-18-16(14-24)8-13-25-18;/h2-5,8,13H,6-7,9-12,14H2,1H3,(H2,21,22,23);1H. The van der Waals surface area contributed by atoms with E-state index >= 15 is 0 Å². The third kappa shape index (κ3) is 6.21. The summed E-state index contributed by atoms with van der Waals surface area (Å²) in [6.07, 6.45) is 2.01. The molecule has 0 bridgehead atoms. The first-order valence-corrected chi connectivity index (χ1v) is 9.59. The summed E-state index contributed by atoms with van der Waals surface area (Å²) in [7, 11) is 1.78. The maximum absolute atomic E-state index is 12.9. The molecule has 0 radical (unpaired) electrons. The van der Waals surface area contributed by atoms with E-state index in [1.165, 1.54) is 17.7 Å². The van der Waals surface area contributed by atoms with E-state index in [2.05, 4.69) is 32.0 Å². The van der Waals surface area contributed by atoms with Crippen LogP contribution in [0.1, 0.15) is 16.0 Å². The molecule has 0 aliphatic carbocycles. The number of aliphatic imine (C=N–C) groups is 1. The number of benzene rings is 1. The highest BCUT2D eigenvalue weighted by atomic mass is 127. The lowest BCUT2D eigenvalue weighted by atomic mass is 10.1. The molecule has 0 amide bonds. The maximum atomic E-state index is 12.9. The minimum atomic E-state index is -0.193. The molecule has 0 unspecified atom stereocenters. The number of fused-ring (bicyclic) bond motifs is 1. The number of thiophene rings is 1. The summed E-state index contributed by atoms with van der Waals surface area (Å²) in [4.78, 5) is 8.29. The van der Waals surface area contributed by atoms with Crippen LogP contribution < -0.4 is 10.6 Å². The van der Waals surface area contributed by atoms with Crippen LogP contribution in [0, 0.1) is 5.82 Å². The SMILES string of the molecule is CN=C(NCCc1ccc(F)cc1)NCCN1CCc2sccc2C1.I. The first-order chi connectivity index (χ1) is 12.2. The molecule has 4 nitrogen and oxygen atoms in total. The van der Waals surface area contributed by atoms with Crippen molar-refractivity contribution in [3.05, 3.63) is 57.5 Å². The van der Waals surface area contributed by atoms with E-state index in [4.69, 9.17) is 0 Å². The summed E-state index contributed by atoms with van der Waals surface area (Å²) >= 11 is 1.88. The number of halogens is 2. The predicted molar refractivity (Wildman–Crippen MR) is 118 cm³/mol. The van der Waals surface area contributed by atoms with Crippen molar-refractivity contribution in [1.82, 2.24) is 15.5 Å². The molecule has 7 heteroatoms. The topological polar surface area (TPSA) is 39.7 Å². The normalized spacial score (nSPS) is 14.5. The Bertz CT molecular complexity index is 702. The van der Waals surface area contributed by atoms with Crippen LogP contribution in [0.4, 0.5) is 4.39 Å². The van der Waals surface area contributed by atoms with Crippen molar-refractivity contribution in [3.63, 3.8) is 0 Å². The largest absolute Gasteiger partial charge is 0.356 e. The summed E-state index contributed by atoms with van der Waals surface area (Å²) < 4.78 is 12.9. The van der Waals surface area contributed by atoms with Gasteiger partial charge < -0.3 is 10.6 Å². The number of guanidine groups is 1. The van der Waals surface area contributed by atoms with Gasteiger partial charge in [0.15, 0.2) is 5.96 Å². The van der Waals surface area contributed by atoms with Gasteiger partial charge in [0.25, 0.3) is 0 Å². The molecule has 1 aromatic heterocycles. The second kappa shape index (κ2) is 10.8. The van der Waals surface area contributed by atoms with Gasteiger partial charge in [-0.3, -0.25) is 9.89 Å². The Labute approximate surface area is 175 Å². The van der Waals surface area contributed by atoms with Crippen LogP contribution in [0.25, 0.3) is 0 Å². The van der Waals surface area contributed by atoms with Gasteiger partial charge in [-0.25, -0.2) is 4.39 Å². The van der Waals surface area contributed by atoms with Crippen LogP contribution in [0.2, 0.25) is 0 Å². The van der Waals surface area contributed by atoms with Gasteiger partial charge in [0.05, 0.1) is 0 Å². The lowest BCUT2D eigenvalue weighted by molar-refractivity contribution is 0.260. The molecule has 3 rings (SSSR count). The van der Waals surface area contributed by atoms with Crippen LogP contribution in [0.5, 0.6) is 0 Å². The van der Waals surface area contributed by atoms with Crippen molar-refractivity contribution in [2.75, 3.05) is 33.2 Å². The van der Waals surface area contributed by atoms with Crippen molar-refractivity contribution >= 4 is 41.3 Å². The zero-order valence-corrected chi connectivity index (χ0v) is 18.1. The van der Waals surface area contributed by atoms with E-state index in [9.17, 15) is 4.39 Å². The van der Waals surface area contributed by atoms with Crippen LogP contribution >= 0.6 is 35.3 Å². The van der Waals surface area contributed by atoms with E-state index in [0.717, 1.165) is 57.1 Å². The highest BCUT2D eigenvalue weighted by Crippen LogP contribution is 2.23. The highest BCUT2D eigenvalue weighted by molar-refractivity contribution is 14.0. The van der Waals surface area contributed by atoms with E-state index < -0.39 is 0 Å². The van der Waals surface area contributed by atoms with Crippen molar-refractivity contribution in [3.8, 4) is 0 Å². The van der Waals surface area contributed by atoms with Crippen molar-refractivity contribution in [2.24, 2.45) is 4.99 Å². The molecule has 0 spiro atoms. The zero-order chi connectivity index (χ0) is 17.5. The molecule has 0 atom stereocenters. The molecule has 2 heterocycles. The van der Waals surface area contributed by atoms with Gasteiger partial charge in [-0.15, -0.1) is 35.3 Å². The molecule has 1 aromatic carbocycles. The number of hydrogen-bond donors (Lipinski definition) is 2. The van der Waals surface area contributed by atoms with Gasteiger partial charge >= 0.3 is 0 Å². The number of rotatable bonds is 6.